The van der Waals surface area contributed by atoms with Gasteiger partial charge in [0.1, 0.15) is 23.0 Å². The predicted octanol–water partition coefficient (Wildman–Crippen LogP) is 2.77. The molecule has 2 aromatic carbocycles. The maximum Gasteiger partial charge on any atom is 0.336 e. The first kappa shape index (κ1) is 22.9. The monoisotopic (exact) mass is 475 g/mol. The van der Waals surface area contributed by atoms with E-state index in [1.165, 1.54) is 13.2 Å². The van der Waals surface area contributed by atoms with E-state index in [1.54, 1.807) is 36.3 Å². The smallest absolute Gasteiger partial charge is 0.336 e. The molecule has 2 saturated heterocycles. The van der Waals surface area contributed by atoms with Crippen LogP contribution < -0.4 is 9.47 Å². The molecule has 0 aromatic heterocycles. The summed E-state index contributed by atoms with van der Waals surface area (Å²) in [6.07, 6.45) is 6.33. The minimum Gasteiger partial charge on any atom is -0.497 e. The molecular formula is C27H25NO7. The van der Waals surface area contributed by atoms with E-state index in [2.05, 4.69) is 0 Å². The largest absolute Gasteiger partial charge is 0.497 e. The van der Waals surface area contributed by atoms with Gasteiger partial charge in [-0.15, -0.1) is 0 Å². The van der Waals surface area contributed by atoms with Crippen molar-refractivity contribution in [2.45, 2.75) is 18.2 Å². The van der Waals surface area contributed by atoms with Gasteiger partial charge in [-0.05, 0) is 41.5 Å². The van der Waals surface area contributed by atoms with Crippen LogP contribution in [0, 0.1) is 11.8 Å². The number of carbonyl (C=O) groups is 3. The van der Waals surface area contributed by atoms with Crippen LogP contribution in [0.3, 0.4) is 0 Å². The van der Waals surface area contributed by atoms with E-state index in [9.17, 15) is 14.4 Å². The number of benzene rings is 2. The molecule has 2 aromatic rings. The fourth-order valence-electron chi connectivity index (χ4n) is 5.07. The Morgan fingerprint density at radius 3 is 2.69 bits per heavy atom. The molecule has 4 atom stereocenters. The van der Waals surface area contributed by atoms with Gasteiger partial charge in [-0.2, -0.15) is 0 Å². The molecule has 0 N–H and O–H groups in total. The first-order chi connectivity index (χ1) is 16.9. The zero-order valence-electron chi connectivity index (χ0n) is 19.4. The number of methoxy groups -OCH3 is 2. The number of hydrogen-bond donors (Lipinski definition) is 0. The maximum absolute atomic E-state index is 13.2. The molecular weight excluding hydrogens is 450 g/mol. The lowest BCUT2D eigenvalue weighted by Crippen LogP contribution is -2.39. The Morgan fingerprint density at radius 1 is 1.14 bits per heavy atom. The lowest BCUT2D eigenvalue weighted by atomic mass is 9.77. The van der Waals surface area contributed by atoms with Crippen LogP contribution in [0.25, 0.3) is 6.08 Å². The second kappa shape index (κ2) is 9.03. The van der Waals surface area contributed by atoms with Crippen LogP contribution in [0.4, 0.5) is 0 Å². The van der Waals surface area contributed by atoms with Gasteiger partial charge in [0, 0.05) is 12.6 Å². The second-order valence-corrected chi connectivity index (χ2v) is 8.79. The van der Waals surface area contributed by atoms with Crippen molar-refractivity contribution >= 4 is 23.9 Å². The van der Waals surface area contributed by atoms with E-state index >= 15 is 0 Å². The molecule has 8 nitrogen and oxygen atoms in total. The summed E-state index contributed by atoms with van der Waals surface area (Å²) in [6, 6.07) is 14.3. The van der Waals surface area contributed by atoms with Gasteiger partial charge in [0.15, 0.2) is 0 Å². The Labute approximate surface area is 202 Å². The highest BCUT2D eigenvalue weighted by Crippen LogP contribution is 2.52. The molecule has 0 radical (unpaired) electrons. The molecule has 3 aliphatic rings. The topological polar surface area (TPSA) is 91.4 Å². The van der Waals surface area contributed by atoms with E-state index < -0.39 is 35.5 Å². The van der Waals surface area contributed by atoms with Crippen LogP contribution in [-0.2, 0) is 30.4 Å². The zero-order chi connectivity index (χ0) is 24.6. The third-order valence-electron chi connectivity index (χ3n) is 6.67. The highest BCUT2D eigenvalue weighted by Gasteiger charge is 2.67. The minimum atomic E-state index is -0.795. The van der Waals surface area contributed by atoms with Crippen LogP contribution in [0.15, 0.2) is 66.8 Å². The third kappa shape index (κ3) is 4.21. The van der Waals surface area contributed by atoms with Gasteiger partial charge in [0.2, 0.25) is 5.91 Å². The summed E-state index contributed by atoms with van der Waals surface area (Å²) in [5, 5.41) is 0. The Kier molecular flexibility index (Phi) is 5.90. The fourth-order valence-corrected chi connectivity index (χ4v) is 5.07. The average molecular weight is 475 g/mol. The number of ether oxygens (including phenoxy) is 4. The number of carbonyl (C=O) groups excluding carboxylic acids is 3. The Bertz CT molecular complexity index is 1220. The third-order valence-corrected chi connectivity index (χ3v) is 6.67. The van der Waals surface area contributed by atoms with Gasteiger partial charge in [-0.1, -0.05) is 36.4 Å². The molecule has 2 bridgehead atoms. The first-order valence-corrected chi connectivity index (χ1v) is 11.3. The Balaban J connectivity index is 1.24. The van der Waals surface area contributed by atoms with Crippen molar-refractivity contribution in [3.05, 3.63) is 77.9 Å². The molecule has 1 amide bonds. The summed E-state index contributed by atoms with van der Waals surface area (Å²) < 4.78 is 21.5. The summed E-state index contributed by atoms with van der Waals surface area (Å²) in [5.74, 6) is -1.20. The normalized spacial score (nSPS) is 26.3. The number of esters is 2. The van der Waals surface area contributed by atoms with Gasteiger partial charge in [-0.25, -0.2) is 4.79 Å². The zero-order valence-corrected chi connectivity index (χ0v) is 19.4. The van der Waals surface area contributed by atoms with Crippen molar-refractivity contribution in [2.75, 3.05) is 20.8 Å². The molecule has 0 saturated carbocycles. The summed E-state index contributed by atoms with van der Waals surface area (Å²) in [5.41, 5.74) is 0.841. The summed E-state index contributed by atoms with van der Waals surface area (Å²) in [6.45, 7) is 0.658. The van der Waals surface area contributed by atoms with Crippen LogP contribution in [-0.4, -0.2) is 55.2 Å². The lowest BCUT2D eigenvalue weighted by Gasteiger charge is -2.22. The number of rotatable bonds is 7. The highest BCUT2D eigenvalue weighted by atomic mass is 16.5. The second-order valence-electron chi connectivity index (χ2n) is 8.79. The van der Waals surface area contributed by atoms with Crippen molar-refractivity contribution in [1.29, 1.82) is 0 Å². The van der Waals surface area contributed by atoms with E-state index in [-0.39, 0.29) is 5.91 Å². The quantitative estimate of drug-likeness (QED) is 0.263. The standard InChI is InChI=1S/C27H25NO7/c1-32-19-9-6-17(7-10-19)8-11-22(29)34-20-5-3-4-18(14-20)15-28-16-27-13-12-21(35-27)23(26(31)33-2)24(27)25(28)30/h3-14,21,23-24H,15-16H2,1-2H3. The predicted molar refractivity (Wildman–Crippen MR) is 125 cm³/mol. The number of fused-ring (bicyclic) bond motifs is 1. The first-order valence-electron chi connectivity index (χ1n) is 11.3. The molecule has 8 heteroatoms. The SMILES string of the molecule is COC(=O)C1C2C=CC3(CN(Cc4cccc(OC(=O)C=Cc5ccc(OC)cc5)c4)C(=O)C13)O2. The number of nitrogens with zero attached hydrogens (tertiary/aromatic N) is 1. The summed E-state index contributed by atoms with van der Waals surface area (Å²) in [7, 11) is 2.91. The molecule has 2 fully saturated rings. The van der Waals surface area contributed by atoms with Crippen LogP contribution in [0.2, 0.25) is 0 Å². The molecule has 3 aliphatic heterocycles. The summed E-state index contributed by atoms with van der Waals surface area (Å²) >= 11 is 0. The molecule has 180 valence electrons. The van der Waals surface area contributed by atoms with Crippen molar-refractivity contribution in [1.82, 2.24) is 4.90 Å². The van der Waals surface area contributed by atoms with Crippen molar-refractivity contribution in [3.63, 3.8) is 0 Å². The Morgan fingerprint density at radius 2 is 1.94 bits per heavy atom. The average Bonchev–Trinajstić information content (AvgIpc) is 3.51. The van der Waals surface area contributed by atoms with Crippen LogP contribution in [0.1, 0.15) is 11.1 Å². The fraction of sp³-hybridized carbons (Fsp3) is 0.296. The van der Waals surface area contributed by atoms with E-state index in [4.69, 9.17) is 18.9 Å². The van der Waals surface area contributed by atoms with Crippen molar-refractivity contribution < 1.29 is 33.3 Å². The van der Waals surface area contributed by atoms with Gasteiger partial charge in [0.25, 0.3) is 0 Å². The highest BCUT2D eigenvalue weighted by molar-refractivity contribution is 5.91. The number of likely N-dealkylation sites (tertiary alicyclic amines) is 1. The van der Waals surface area contributed by atoms with Gasteiger partial charge in [0.05, 0.1) is 32.8 Å². The van der Waals surface area contributed by atoms with Gasteiger partial charge in [-0.3, -0.25) is 9.59 Å². The van der Waals surface area contributed by atoms with E-state index in [1.807, 2.05) is 42.5 Å². The molecule has 3 heterocycles. The number of hydrogen-bond acceptors (Lipinski definition) is 7. The minimum absolute atomic E-state index is 0.142. The van der Waals surface area contributed by atoms with Gasteiger partial charge >= 0.3 is 11.9 Å². The van der Waals surface area contributed by atoms with E-state index in [0.717, 1.165) is 16.9 Å². The number of amides is 1. The summed E-state index contributed by atoms with van der Waals surface area (Å²) in [4.78, 5) is 39.5. The van der Waals surface area contributed by atoms with Crippen molar-refractivity contribution in [2.24, 2.45) is 11.8 Å². The van der Waals surface area contributed by atoms with E-state index in [0.29, 0.717) is 18.8 Å². The maximum atomic E-state index is 13.2. The van der Waals surface area contributed by atoms with Gasteiger partial charge < -0.3 is 23.8 Å². The Hall–Kier alpha value is -3.91. The van der Waals surface area contributed by atoms with Crippen LogP contribution >= 0.6 is 0 Å². The van der Waals surface area contributed by atoms with Crippen LogP contribution in [0.5, 0.6) is 11.5 Å². The molecule has 0 aliphatic carbocycles. The lowest BCUT2D eigenvalue weighted by molar-refractivity contribution is -0.151. The molecule has 5 rings (SSSR count). The molecule has 35 heavy (non-hydrogen) atoms. The van der Waals surface area contributed by atoms with Crippen molar-refractivity contribution in [3.8, 4) is 11.5 Å². The molecule has 1 spiro atoms. The molecule has 4 unspecified atom stereocenters.